The van der Waals surface area contributed by atoms with Crippen LogP contribution in [0.3, 0.4) is 0 Å². The summed E-state index contributed by atoms with van der Waals surface area (Å²) >= 11 is 6.17. The summed E-state index contributed by atoms with van der Waals surface area (Å²) in [5.41, 5.74) is 6.46. The fourth-order valence-electron chi connectivity index (χ4n) is 2.86. The van der Waals surface area contributed by atoms with Gasteiger partial charge in [0.1, 0.15) is 5.82 Å². The monoisotopic (exact) mass is 284 g/mol. The summed E-state index contributed by atoms with van der Waals surface area (Å²) in [7, 11) is 0. The SMILES string of the molecule is NCC(c1c(F)cccc1Cl)N1CCCCCCC1. The van der Waals surface area contributed by atoms with Gasteiger partial charge in [-0.25, -0.2) is 4.39 Å². The highest BCUT2D eigenvalue weighted by Gasteiger charge is 2.24. The normalized spacial score (nSPS) is 19.7. The van der Waals surface area contributed by atoms with Crippen LogP contribution in [0.5, 0.6) is 0 Å². The molecule has 1 fully saturated rings. The van der Waals surface area contributed by atoms with Gasteiger partial charge in [-0.15, -0.1) is 0 Å². The van der Waals surface area contributed by atoms with Crippen LogP contribution >= 0.6 is 11.6 Å². The lowest BCUT2D eigenvalue weighted by atomic mass is 10.0. The molecule has 0 spiro atoms. The van der Waals surface area contributed by atoms with Crippen molar-refractivity contribution in [1.29, 1.82) is 0 Å². The van der Waals surface area contributed by atoms with Crippen LogP contribution < -0.4 is 5.73 Å². The maximum absolute atomic E-state index is 14.1. The highest BCUT2D eigenvalue weighted by Crippen LogP contribution is 2.30. The van der Waals surface area contributed by atoms with Crippen LogP contribution in [0, 0.1) is 5.82 Å². The van der Waals surface area contributed by atoms with E-state index in [4.69, 9.17) is 17.3 Å². The molecule has 1 unspecified atom stereocenters. The first kappa shape index (κ1) is 14.8. The second-order valence-electron chi connectivity index (χ2n) is 5.19. The molecule has 0 radical (unpaired) electrons. The van der Waals surface area contributed by atoms with Crippen molar-refractivity contribution in [3.05, 3.63) is 34.6 Å². The molecular weight excluding hydrogens is 263 g/mol. The van der Waals surface area contributed by atoms with Crippen molar-refractivity contribution in [3.8, 4) is 0 Å². The molecule has 1 aromatic rings. The van der Waals surface area contributed by atoms with E-state index in [0.29, 0.717) is 17.1 Å². The number of rotatable bonds is 3. The summed E-state index contributed by atoms with van der Waals surface area (Å²) in [5.74, 6) is -0.245. The molecule has 0 bridgehead atoms. The molecule has 1 aliphatic heterocycles. The molecule has 1 atom stereocenters. The number of hydrogen-bond donors (Lipinski definition) is 1. The quantitative estimate of drug-likeness (QED) is 0.916. The summed E-state index contributed by atoms with van der Waals surface area (Å²) in [5, 5.41) is 0.484. The number of nitrogens with two attached hydrogens (primary N) is 1. The molecule has 0 aromatic heterocycles. The van der Waals surface area contributed by atoms with Crippen LogP contribution in [0.2, 0.25) is 5.02 Å². The van der Waals surface area contributed by atoms with Crippen LogP contribution in [-0.4, -0.2) is 24.5 Å². The van der Waals surface area contributed by atoms with E-state index in [1.165, 1.54) is 25.3 Å². The van der Waals surface area contributed by atoms with E-state index in [1.54, 1.807) is 12.1 Å². The van der Waals surface area contributed by atoms with Crippen molar-refractivity contribution in [2.24, 2.45) is 5.73 Å². The predicted molar refractivity (Wildman–Crippen MR) is 77.9 cm³/mol. The van der Waals surface area contributed by atoms with Gasteiger partial charge in [0.2, 0.25) is 0 Å². The van der Waals surface area contributed by atoms with E-state index in [1.807, 2.05) is 0 Å². The van der Waals surface area contributed by atoms with Gasteiger partial charge in [-0.2, -0.15) is 0 Å². The van der Waals surface area contributed by atoms with Crippen LogP contribution in [0.1, 0.15) is 43.7 Å². The molecule has 4 heteroatoms. The number of hydrogen-bond acceptors (Lipinski definition) is 2. The van der Waals surface area contributed by atoms with Gasteiger partial charge in [-0.1, -0.05) is 36.9 Å². The molecule has 0 amide bonds. The highest BCUT2D eigenvalue weighted by atomic mass is 35.5. The summed E-state index contributed by atoms with van der Waals surface area (Å²) in [4.78, 5) is 2.30. The molecule has 1 saturated heterocycles. The maximum Gasteiger partial charge on any atom is 0.129 e. The predicted octanol–water partition coefficient (Wildman–Crippen LogP) is 3.75. The van der Waals surface area contributed by atoms with E-state index in [0.717, 1.165) is 25.9 Å². The zero-order valence-electron chi connectivity index (χ0n) is 11.2. The van der Waals surface area contributed by atoms with Crippen LogP contribution in [0.4, 0.5) is 4.39 Å². The van der Waals surface area contributed by atoms with Crippen molar-refractivity contribution in [2.45, 2.75) is 38.1 Å². The van der Waals surface area contributed by atoms with Gasteiger partial charge in [-0.3, -0.25) is 4.90 Å². The lowest BCUT2D eigenvalue weighted by molar-refractivity contribution is 0.180. The van der Waals surface area contributed by atoms with Crippen molar-refractivity contribution in [3.63, 3.8) is 0 Å². The number of nitrogens with zero attached hydrogens (tertiary/aromatic N) is 1. The average molecular weight is 285 g/mol. The van der Waals surface area contributed by atoms with Gasteiger partial charge in [0.15, 0.2) is 0 Å². The minimum atomic E-state index is -0.245. The third-order valence-electron chi connectivity index (χ3n) is 3.89. The van der Waals surface area contributed by atoms with Crippen LogP contribution in [-0.2, 0) is 0 Å². The lowest BCUT2D eigenvalue weighted by Gasteiger charge is -2.33. The third-order valence-corrected chi connectivity index (χ3v) is 4.22. The smallest absolute Gasteiger partial charge is 0.129 e. The van der Waals surface area contributed by atoms with E-state index in [-0.39, 0.29) is 11.9 Å². The Balaban J connectivity index is 2.22. The third kappa shape index (κ3) is 3.68. The van der Waals surface area contributed by atoms with Crippen molar-refractivity contribution in [2.75, 3.05) is 19.6 Å². The fourth-order valence-corrected chi connectivity index (χ4v) is 3.15. The Hall–Kier alpha value is -0.640. The molecule has 2 rings (SSSR count). The second-order valence-corrected chi connectivity index (χ2v) is 5.60. The summed E-state index contributed by atoms with van der Waals surface area (Å²) < 4.78 is 14.1. The van der Waals surface area contributed by atoms with Crippen molar-refractivity contribution >= 4 is 11.6 Å². The number of likely N-dealkylation sites (tertiary alicyclic amines) is 1. The summed E-state index contributed by atoms with van der Waals surface area (Å²) in [6.07, 6.45) is 6.12. The van der Waals surface area contributed by atoms with Crippen LogP contribution in [0.15, 0.2) is 18.2 Å². The zero-order valence-corrected chi connectivity index (χ0v) is 12.0. The van der Waals surface area contributed by atoms with Gasteiger partial charge in [0.05, 0.1) is 6.04 Å². The maximum atomic E-state index is 14.1. The average Bonchev–Trinajstić information content (AvgIpc) is 2.35. The van der Waals surface area contributed by atoms with E-state index < -0.39 is 0 Å². The molecule has 2 nitrogen and oxygen atoms in total. The zero-order chi connectivity index (χ0) is 13.7. The topological polar surface area (TPSA) is 29.3 Å². The summed E-state index contributed by atoms with van der Waals surface area (Å²) in [6, 6.07) is 4.75. The molecule has 1 aliphatic rings. The minimum absolute atomic E-state index is 0.105. The van der Waals surface area contributed by atoms with Crippen molar-refractivity contribution < 1.29 is 4.39 Å². The Kier molecular flexibility index (Phi) is 5.61. The molecule has 106 valence electrons. The Morgan fingerprint density at radius 1 is 1.16 bits per heavy atom. The molecule has 2 N–H and O–H groups in total. The molecular formula is C15H22ClFN2. The molecule has 19 heavy (non-hydrogen) atoms. The van der Waals surface area contributed by atoms with Crippen LogP contribution in [0.25, 0.3) is 0 Å². The van der Waals surface area contributed by atoms with Crippen molar-refractivity contribution in [1.82, 2.24) is 4.90 Å². The first-order valence-corrected chi connectivity index (χ1v) is 7.50. The lowest BCUT2D eigenvalue weighted by Crippen LogP contribution is -2.36. The molecule has 0 aliphatic carbocycles. The van der Waals surface area contributed by atoms with Gasteiger partial charge < -0.3 is 5.73 Å². The first-order chi connectivity index (χ1) is 9.24. The number of benzene rings is 1. The number of halogens is 2. The standard InChI is InChI=1S/C15H22ClFN2/c16-12-7-6-8-13(17)15(12)14(11-18)19-9-4-2-1-3-5-10-19/h6-8,14H,1-5,9-11,18H2. The van der Waals surface area contributed by atoms with E-state index in [2.05, 4.69) is 4.90 Å². The Bertz CT molecular complexity index is 383. The van der Waals surface area contributed by atoms with Gasteiger partial charge in [0.25, 0.3) is 0 Å². The van der Waals surface area contributed by atoms with E-state index in [9.17, 15) is 4.39 Å². The summed E-state index contributed by atoms with van der Waals surface area (Å²) in [6.45, 7) is 2.36. The Labute approximate surface area is 119 Å². The Morgan fingerprint density at radius 2 is 1.79 bits per heavy atom. The van der Waals surface area contributed by atoms with E-state index >= 15 is 0 Å². The minimum Gasteiger partial charge on any atom is -0.329 e. The molecule has 0 saturated carbocycles. The highest BCUT2D eigenvalue weighted by molar-refractivity contribution is 6.31. The van der Waals surface area contributed by atoms with Gasteiger partial charge >= 0.3 is 0 Å². The van der Waals surface area contributed by atoms with Gasteiger partial charge in [0, 0.05) is 17.1 Å². The first-order valence-electron chi connectivity index (χ1n) is 7.12. The molecule has 1 aromatic carbocycles. The largest absolute Gasteiger partial charge is 0.329 e. The fraction of sp³-hybridized carbons (Fsp3) is 0.600. The Morgan fingerprint density at radius 3 is 2.37 bits per heavy atom. The van der Waals surface area contributed by atoms with Gasteiger partial charge in [-0.05, 0) is 38.1 Å². The second kappa shape index (κ2) is 7.22. The molecule has 1 heterocycles.